The van der Waals surface area contributed by atoms with E-state index in [-0.39, 0.29) is 11.8 Å². The lowest BCUT2D eigenvalue weighted by Gasteiger charge is -2.35. The molecule has 1 aliphatic heterocycles. The van der Waals surface area contributed by atoms with Gasteiger partial charge in [-0.25, -0.2) is 0 Å². The van der Waals surface area contributed by atoms with Gasteiger partial charge >= 0.3 is 0 Å². The number of hydrogen-bond acceptors (Lipinski definition) is 3. The van der Waals surface area contributed by atoms with Crippen LogP contribution < -0.4 is 10.2 Å². The number of aryl methyl sites for hydroxylation is 1. The molecule has 1 unspecified atom stereocenters. The fourth-order valence-corrected chi connectivity index (χ4v) is 3.05. The summed E-state index contributed by atoms with van der Waals surface area (Å²) >= 11 is 0. The van der Waals surface area contributed by atoms with Crippen LogP contribution in [0.15, 0.2) is 18.2 Å². The molecule has 5 nitrogen and oxygen atoms in total. The highest BCUT2D eigenvalue weighted by molar-refractivity contribution is 6.07. The smallest absolute Gasteiger partial charge is 0.246 e. The minimum Gasteiger partial charge on any atom is -0.385 e. The first-order valence-corrected chi connectivity index (χ1v) is 8.08. The number of benzene rings is 1. The van der Waals surface area contributed by atoms with Crippen molar-refractivity contribution in [3.8, 4) is 0 Å². The molecule has 1 N–H and O–H groups in total. The second-order valence-corrected chi connectivity index (χ2v) is 6.32. The second kappa shape index (κ2) is 7.13. The predicted octanol–water partition coefficient (Wildman–Crippen LogP) is 2.34. The van der Waals surface area contributed by atoms with Gasteiger partial charge in [0.05, 0.1) is 0 Å². The van der Waals surface area contributed by atoms with Gasteiger partial charge in [0.25, 0.3) is 0 Å². The Labute approximate surface area is 138 Å². The number of methoxy groups -OCH3 is 1. The van der Waals surface area contributed by atoms with Gasteiger partial charge in [-0.05, 0) is 50.8 Å². The molecule has 1 aromatic carbocycles. The Morgan fingerprint density at radius 1 is 1.39 bits per heavy atom. The lowest BCUT2D eigenvalue weighted by atomic mass is 9.95. The topological polar surface area (TPSA) is 58.6 Å². The van der Waals surface area contributed by atoms with E-state index in [1.54, 1.807) is 12.0 Å². The highest BCUT2D eigenvalue weighted by atomic mass is 16.5. The van der Waals surface area contributed by atoms with Crippen molar-refractivity contribution in [2.75, 3.05) is 25.2 Å². The maximum atomic E-state index is 12.7. The average molecular weight is 318 g/mol. The number of carbonyl (C=O) groups excluding carboxylic acids is 2. The molecule has 0 aromatic heterocycles. The minimum absolute atomic E-state index is 0.00763. The Hall–Kier alpha value is -1.88. The van der Waals surface area contributed by atoms with Crippen LogP contribution in [0.1, 0.15) is 37.3 Å². The van der Waals surface area contributed by atoms with Crippen molar-refractivity contribution >= 4 is 17.5 Å². The van der Waals surface area contributed by atoms with Gasteiger partial charge in [0.1, 0.15) is 5.54 Å². The first-order chi connectivity index (χ1) is 10.9. The Kier molecular flexibility index (Phi) is 5.42. The molecule has 1 atom stereocenters. The molecule has 0 saturated carbocycles. The zero-order valence-electron chi connectivity index (χ0n) is 14.4. The molecule has 1 aromatic rings. The van der Waals surface area contributed by atoms with Crippen molar-refractivity contribution in [2.45, 2.75) is 45.6 Å². The third-order valence-electron chi connectivity index (χ3n) is 4.69. The number of rotatable bonds is 6. The van der Waals surface area contributed by atoms with E-state index in [0.717, 1.165) is 23.2 Å². The van der Waals surface area contributed by atoms with Gasteiger partial charge in [-0.2, -0.15) is 0 Å². The summed E-state index contributed by atoms with van der Waals surface area (Å²) in [5, 5.41) is 2.94. The fraction of sp³-hybridized carbons (Fsp3) is 0.556. The van der Waals surface area contributed by atoms with E-state index in [4.69, 9.17) is 4.74 Å². The van der Waals surface area contributed by atoms with Crippen molar-refractivity contribution < 1.29 is 14.3 Å². The molecule has 1 fully saturated rings. The zero-order valence-corrected chi connectivity index (χ0v) is 14.4. The van der Waals surface area contributed by atoms with Gasteiger partial charge in [-0.1, -0.05) is 12.1 Å². The molecule has 1 heterocycles. The number of ether oxygens (including phenoxy) is 1. The molecule has 2 rings (SSSR count). The van der Waals surface area contributed by atoms with E-state index in [1.807, 2.05) is 39.0 Å². The standard InChI is InChI=1S/C18H26N2O3/c1-13-7-5-8-15(14(13)2)20-16(21)9-10-18(20,3)17(22)19-11-6-12-23-4/h5,7-8H,6,9-12H2,1-4H3,(H,19,22). The first kappa shape index (κ1) is 17.5. The van der Waals surface area contributed by atoms with E-state index in [2.05, 4.69) is 5.32 Å². The molecule has 1 saturated heterocycles. The first-order valence-electron chi connectivity index (χ1n) is 8.08. The van der Waals surface area contributed by atoms with Crippen LogP contribution in [0.4, 0.5) is 5.69 Å². The molecular weight excluding hydrogens is 292 g/mol. The van der Waals surface area contributed by atoms with Crippen LogP contribution in [-0.2, 0) is 14.3 Å². The van der Waals surface area contributed by atoms with Crippen molar-refractivity contribution in [1.29, 1.82) is 0 Å². The Bertz CT molecular complexity index is 600. The molecule has 0 bridgehead atoms. The Morgan fingerprint density at radius 3 is 2.83 bits per heavy atom. The quantitative estimate of drug-likeness (QED) is 0.819. The minimum atomic E-state index is -0.831. The van der Waals surface area contributed by atoms with Crippen molar-refractivity contribution in [3.63, 3.8) is 0 Å². The molecule has 0 spiro atoms. The molecular formula is C18H26N2O3. The second-order valence-electron chi connectivity index (χ2n) is 6.32. The highest BCUT2D eigenvalue weighted by Gasteiger charge is 2.48. The predicted molar refractivity (Wildman–Crippen MR) is 90.5 cm³/mol. The largest absolute Gasteiger partial charge is 0.385 e. The van der Waals surface area contributed by atoms with Crippen LogP contribution in [0.25, 0.3) is 0 Å². The van der Waals surface area contributed by atoms with Crippen LogP contribution >= 0.6 is 0 Å². The van der Waals surface area contributed by atoms with Crippen LogP contribution in [-0.4, -0.2) is 37.6 Å². The molecule has 2 amide bonds. The lowest BCUT2D eigenvalue weighted by Crippen LogP contribution is -2.55. The van der Waals surface area contributed by atoms with Gasteiger partial charge in [-0.3, -0.25) is 14.5 Å². The monoisotopic (exact) mass is 318 g/mol. The summed E-state index contributed by atoms with van der Waals surface area (Å²) < 4.78 is 4.99. The molecule has 1 aliphatic rings. The van der Waals surface area contributed by atoms with E-state index in [0.29, 0.717) is 26.0 Å². The summed E-state index contributed by atoms with van der Waals surface area (Å²) in [7, 11) is 1.64. The number of anilines is 1. The molecule has 0 radical (unpaired) electrons. The van der Waals surface area contributed by atoms with Gasteiger partial charge in [0, 0.05) is 32.4 Å². The number of nitrogens with one attached hydrogen (secondary N) is 1. The zero-order chi connectivity index (χ0) is 17.0. The van der Waals surface area contributed by atoms with E-state index in [9.17, 15) is 9.59 Å². The van der Waals surface area contributed by atoms with Crippen molar-refractivity contribution in [3.05, 3.63) is 29.3 Å². The molecule has 5 heteroatoms. The van der Waals surface area contributed by atoms with Gasteiger partial charge in [0.2, 0.25) is 11.8 Å². The summed E-state index contributed by atoms with van der Waals surface area (Å²) in [6, 6.07) is 5.86. The third kappa shape index (κ3) is 3.39. The Morgan fingerprint density at radius 2 is 2.13 bits per heavy atom. The lowest BCUT2D eigenvalue weighted by molar-refractivity contribution is -0.127. The van der Waals surface area contributed by atoms with Crippen LogP contribution in [0.2, 0.25) is 0 Å². The van der Waals surface area contributed by atoms with E-state index in [1.165, 1.54) is 0 Å². The third-order valence-corrected chi connectivity index (χ3v) is 4.69. The van der Waals surface area contributed by atoms with Gasteiger partial charge in [-0.15, -0.1) is 0 Å². The van der Waals surface area contributed by atoms with Crippen LogP contribution in [0, 0.1) is 13.8 Å². The number of nitrogens with zero attached hydrogens (tertiary/aromatic N) is 1. The summed E-state index contributed by atoms with van der Waals surface area (Å²) in [5.74, 6) is -0.0893. The summed E-state index contributed by atoms with van der Waals surface area (Å²) in [4.78, 5) is 26.9. The summed E-state index contributed by atoms with van der Waals surface area (Å²) in [6.45, 7) is 7.02. The van der Waals surface area contributed by atoms with Crippen LogP contribution in [0.5, 0.6) is 0 Å². The van der Waals surface area contributed by atoms with Crippen LogP contribution in [0.3, 0.4) is 0 Å². The van der Waals surface area contributed by atoms with E-state index >= 15 is 0 Å². The molecule has 23 heavy (non-hydrogen) atoms. The summed E-state index contributed by atoms with van der Waals surface area (Å²) in [5.41, 5.74) is 2.16. The molecule has 0 aliphatic carbocycles. The van der Waals surface area contributed by atoms with Crippen molar-refractivity contribution in [1.82, 2.24) is 5.32 Å². The number of carbonyl (C=O) groups is 2. The SMILES string of the molecule is COCCCNC(=O)C1(C)CCC(=O)N1c1cccc(C)c1C. The maximum Gasteiger partial charge on any atom is 0.246 e. The number of hydrogen-bond donors (Lipinski definition) is 1. The molecule has 126 valence electrons. The maximum absolute atomic E-state index is 12.7. The highest BCUT2D eigenvalue weighted by Crippen LogP contribution is 2.37. The summed E-state index contributed by atoms with van der Waals surface area (Å²) in [6.07, 6.45) is 1.69. The Balaban J connectivity index is 2.24. The fourth-order valence-electron chi connectivity index (χ4n) is 3.05. The van der Waals surface area contributed by atoms with E-state index < -0.39 is 5.54 Å². The van der Waals surface area contributed by atoms with Crippen molar-refractivity contribution in [2.24, 2.45) is 0 Å². The van der Waals surface area contributed by atoms with Gasteiger partial charge in [0.15, 0.2) is 0 Å². The average Bonchev–Trinajstić information content (AvgIpc) is 2.83. The normalized spacial score (nSPS) is 20.9. The number of amides is 2. The van der Waals surface area contributed by atoms with Gasteiger partial charge < -0.3 is 10.1 Å².